The number of hydrogen-bond donors (Lipinski definition) is 1. The van der Waals surface area contributed by atoms with Gasteiger partial charge in [0.15, 0.2) is 0 Å². The van der Waals surface area contributed by atoms with Gasteiger partial charge < -0.3 is 14.6 Å². The van der Waals surface area contributed by atoms with Crippen molar-refractivity contribution in [3.05, 3.63) is 0 Å². The van der Waals surface area contributed by atoms with E-state index in [-0.39, 0.29) is 17.1 Å². The van der Waals surface area contributed by atoms with Crippen LogP contribution in [0.4, 0.5) is 0 Å². The first-order valence-electron chi connectivity index (χ1n) is 7.53. The minimum atomic E-state index is -0.152. The molecule has 3 aliphatic rings. The maximum absolute atomic E-state index is 10.8. The van der Waals surface area contributed by atoms with Crippen LogP contribution in [0, 0.1) is 11.3 Å². The molecule has 2 saturated heterocycles. The lowest BCUT2D eigenvalue weighted by molar-refractivity contribution is -0.132. The molecule has 0 amide bonds. The molecule has 3 unspecified atom stereocenters. The first-order chi connectivity index (χ1) is 8.64. The smallest absolute Gasteiger partial charge is 0.0940 e. The van der Waals surface area contributed by atoms with E-state index in [1.807, 2.05) is 0 Å². The third-order valence-electron chi connectivity index (χ3n) is 5.50. The Morgan fingerprint density at radius 3 is 2.61 bits per heavy atom. The first kappa shape index (κ1) is 12.9. The predicted molar refractivity (Wildman–Crippen MR) is 69.4 cm³/mol. The maximum Gasteiger partial charge on any atom is 0.0940 e. The van der Waals surface area contributed by atoms with Gasteiger partial charge in [0.25, 0.3) is 0 Å². The quantitative estimate of drug-likeness (QED) is 0.823. The van der Waals surface area contributed by atoms with Crippen LogP contribution in [-0.4, -0.2) is 36.6 Å². The van der Waals surface area contributed by atoms with Crippen molar-refractivity contribution < 1.29 is 14.6 Å². The third kappa shape index (κ3) is 2.21. The summed E-state index contributed by atoms with van der Waals surface area (Å²) in [4.78, 5) is 0. The van der Waals surface area contributed by atoms with Crippen molar-refractivity contribution in [1.82, 2.24) is 0 Å². The molecule has 3 fully saturated rings. The zero-order valence-electron chi connectivity index (χ0n) is 11.5. The van der Waals surface area contributed by atoms with Crippen LogP contribution in [0.25, 0.3) is 0 Å². The van der Waals surface area contributed by atoms with Gasteiger partial charge in [-0.1, -0.05) is 19.8 Å². The Morgan fingerprint density at radius 2 is 1.94 bits per heavy atom. The van der Waals surface area contributed by atoms with Crippen molar-refractivity contribution in [1.29, 1.82) is 0 Å². The summed E-state index contributed by atoms with van der Waals surface area (Å²) in [5.74, 6) is 0.406. The Hall–Kier alpha value is -0.120. The number of hydrogen-bond acceptors (Lipinski definition) is 3. The summed E-state index contributed by atoms with van der Waals surface area (Å²) >= 11 is 0. The fourth-order valence-electron chi connectivity index (χ4n) is 4.25. The standard InChI is InChI=1S/C15H26O3/c1-14(5-2-3-6-14)13(16)12-4-8-18-15(10-12)7-9-17-11-15/h12-13,16H,2-11H2,1H3. The second-order valence-corrected chi connectivity index (χ2v) is 6.89. The second kappa shape index (κ2) is 4.77. The second-order valence-electron chi connectivity index (χ2n) is 6.89. The summed E-state index contributed by atoms with van der Waals surface area (Å²) in [5.41, 5.74) is 0.0848. The molecule has 1 aliphatic carbocycles. The lowest BCUT2D eigenvalue weighted by Crippen LogP contribution is -2.47. The van der Waals surface area contributed by atoms with Crippen LogP contribution in [0.1, 0.15) is 51.9 Å². The van der Waals surface area contributed by atoms with E-state index in [1.54, 1.807) is 0 Å². The molecular weight excluding hydrogens is 228 g/mol. The molecule has 1 spiro atoms. The van der Waals surface area contributed by atoms with E-state index in [0.717, 1.165) is 39.1 Å². The van der Waals surface area contributed by atoms with Crippen LogP contribution in [0.15, 0.2) is 0 Å². The summed E-state index contributed by atoms with van der Waals surface area (Å²) in [6, 6.07) is 0. The molecular formula is C15H26O3. The van der Waals surface area contributed by atoms with Gasteiger partial charge in [0.1, 0.15) is 0 Å². The Kier molecular flexibility index (Phi) is 3.41. The third-order valence-corrected chi connectivity index (χ3v) is 5.50. The molecule has 3 atom stereocenters. The SMILES string of the molecule is CC1(C(O)C2CCOC3(CCOC3)C2)CCCC1. The summed E-state index contributed by atoms with van der Waals surface area (Å²) in [6.45, 7) is 4.62. The molecule has 3 rings (SSSR count). The summed E-state index contributed by atoms with van der Waals surface area (Å²) in [7, 11) is 0. The van der Waals surface area contributed by atoms with Crippen LogP contribution in [0.5, 0.6) is 0 Å². The van der Waals surface area contributed by atoms with Crippen molar-refractivity contribution in [3.8, 4) is 0 Å². The summed E-state index contributed by atoms with van der Waals surface area (Å²) in [6.07, 6.45) is 7.80. The monoisotopic (exact) mass is 254 g/mol. The van der Waals surface area contributed by atoms with Gasteiger partial charge >= 0.3 is 0 Å². The van der Waals surface area contributed by atoms with Gasteiger partial charge in [0.05, 0.1) is 18.3 Å². The van der Waals surface area contributed by atoms with Crippen LogP contribution in [0.3, 0.4) is 0 Å². The number of ether oxygens (including phenoxy) is 2. The molecule has 3 nitrogen and oxygen atoms in total. The number of aliphatic hydroxyl groups excluding tert-OH is 1. The Labute approximate surface area is 110 Å². The van der Waals surface area contributed by atoms with E-state index in [0.29, 0.717) is 5.92 Å². The van der Waals surface area contributed by atoms with Crippen LogP contribution in [0.2, 0.25) is 0 Å². The highest BCUT2D eigenvalue weighted by Crippen LogP contribution is 2.47. The highest BCUT2D eigenvalue weighted by atomic mass is 16.6. The highest BCUT2D eigenvalue weighted by molar-refractivity contribution is 4.97. The highest BCUT2D eigenvalue weighted by Gasteiger charge is 2.47. The molecule has 0 radical (unpaired) electrons. The van der Waals surface area contributed by atoms with Crippen LogP contribution in [-0.2, 0) is 9.47 Å². The summed E-state index contributed by atoms with van der Waals surface area (Å²) in [5, 5.41) is 10.8. The number of aliphatic hydroxyl groups is 1. The van der Waals surface area contributed by atoms with E-state index in [2.05, 4.69) is 6.92 Å². The minimum absolute atomic E-state index is 0.0706. The van der Waals surface area contributed by atoms with E-state index >= 15 is 0 Å². The molecule has 1 N–H and O–H groups in total. The topological polar surface area (TPSA) is 38.7 Å². The number of rotatable bonds is 2. The van der Waals surface area contributed by atoms with Gasteiger partial charge in [-0.25, -0.2) is 0 Å². The van der Waals surface area contributed by atoms with Crippen molar-refractivity contribution in [2.45, 2.75) is 63.6 Å². The zero-order chi connectivity index (χ0) is 12.6. The lowest BCUT2D eigenvalue weighted by atomic mass is 9.71. The van der Waals surface area contributed by atoms with Gasteiger partial charge in [-0.05, 0) is 37.0 Å². The average molecular weight is 254 g/mol. The largest absolute Gasteiger partial charge is 0.392 e. The molecule has 18 heavy (non-hydrogen) atoms. The Morgan fingerprint density at radius 1 is 1.17 bits per heavy atom. The Bertz CT molecular complexity index is 280. The van der Waals surface area contributed by atoms with E-state index < -0.39 is 0 Å². The lowest BCUT2D eigenvalue weighted by Gasteiger charge is -2.43. The van der Waals surface area contributed by atoms with Gasteiger partial charge in [-0.15, -0.1) is 0 Å². The average Bonchev–Trinajstić information content (AvgIpc) is 2.99. The molecule has 0 aromatic heterocycles. The Balaban J connectivity index is 1.68. The molecule has 0 aromatic carbocycles. The van der Waals surface area contributed by atoms with Crippen molar-refractivity contribution in [2.24, 2.45) is 11.3 Å². The predicted octanol–water partition coefficient (Wildman–Crippen LogP) is 2.51. The summed E-state index contributed by atoms with van der Waals surface area (Å²) < 4.78 is 11.5. The maximum atomic E-state index is 10.8. The molecule has 0 aromatic rings. The molecule has 2 heterocycles. The molecule has 104 valence electrons. The van der Waals surface area contributed by atoms with Gasteiger partial charge in [0, 0.05) is 19.6 Å². The van der Waals surface area contributed by atoms with E-state index in [4.69, 9.17) is 9.47 Å². The zero-order valence-corrected chi connectivity index (χ0v) is 11.5. The van der Waals surface area contributed by atoms with Gasteiger partial charge in [0.2, 0.25) is 0 Å². The normalized spacial score (nSPS) is 41.3. The van der Waals surface area contributed by atoms with Crippen molar-refractivity contribution in [3.63, 3.8) is 0 Å². The molecule has 3 heteroatoms. The van der Waals surface area contributed by atoms with Crippen LogP contribution >= 0.6 is 0 Å². The fraction of sp³-hybridized carbons (Fsp3) is 1.00. The van der Waals surface area contributed by atoms with Crippen LogP contribution < -0.4 is 0 Å². The van der Waals surface area contributed by atoms with Gasteiger partial charge in [-0.3, -0.25) is 0 Å². The fourth-order valence-corrected chi connectivity index (χ4v) is 4.25. The first-order valence-corrected chi connectivity index (χ1v) is 7.53. The van der Waals surface area contributed by atoms with E-state index in [1.165, 1.54) is 25.7 Å². The van der Waals surface area contributed by atoms with Crippen molar-refractivity contribution in [2.75, 3.05) is 19.8 Å². The molecule has 1 saturated carbocycles. The van der Waals surface area contributed by atoms with Gasteiger partial charge in [-0.2, -0.15) is 0 Å². The molecule has 0 bridgehead atoms. The van der Waals surface area contributed by atoms with E-state index in [9.17, 15) is 5.11 Å². The molecule has 2 aliphatic heterocycles. The van der Waals surface area contributed by atoms with Crippen molar-refractivity contribution >= 4 is 0 Å². The minimum Gasteiger partial charge on any atom is -0.392 e.